The maximum absolute atomic E-state index is 13.0. The molecule has 4 heteroatoms. The Morgan fingerprint density at radius 2 is 2.29 bits per heavy atom. The molecule has 17 heavy (non-hydrogen) atoms. The van der Waals surface area contributed by atoms with Gasteiger partial charge in [-0.25, -0.2) is 9.37 Å². The maximum Gasteiger partial charge on any atom is 0.226 e. The van der Waals surface area contributed by atoms with E-state index in [9.17, 15) is 4.39 Å². The van der Waals surface area contributed by atoms with E-state index in [-0.39, 0.29) is 5.82 Å². The van der Waals surface area contributed by atoms with Gasteiger partial charge in [-0.1, -0.05) is 6.07 Å². The molecule has 1 aromatic heterocycles. The molecule has 0 unspecified atom stereocenters. The van der Waals surface area contributed by atoms with Crippen LogP contribution in [0.4, 0.5) is 4.39 Å². The minimum absolute atomic E-state index is 0.280. The van der Waals surface area contributed by atoms with Crippen molar-refractivity contribution in [1.82, 2.24) is 10.3 Å². The minimum Gasteiger partial charge on any atom is -0.441 e. The summed E-state index contributed by atoms with van der Waals surface area (Å²) < 4.78 is 18.6. The fourth-order valence-corrected chi connectivity index (χ4v) is 1.62. The Balaban J connectivity index is 2.07. The van der Waals surface area contributed by atoms with E-state index in [0.717, 1.165) is 25.1 Å². The number of benzene rings is 1. The van der Waals surface area contributed by atoms with E-state index in [2.05, 4.69) is 10.3 Å². The summed E-state index contributed by atoms with van der Waals surface area (Å²) in [5.41, 5.74) is 0.671. The lowest BCUT2D eigenvalue weighted by Gasteiger charge is -1.97. The van der Waals surface area contributed by atoms with Crippen molar-refractivity contribution in [3.05, 3.63) is 42.0 Å². The summed E-state index contributed by atoms with van der Waals surface area (Å²) in [7, 11) is 1.92. The summed E-state index contributed by atoms with van der Waals surface area (Å²) in [5, 5.41) is 3.07. The number of nitrogens with zero attached hydrogens (tertiary/aromatic N) is 1. The summed E-state index contributed by atoms with van der Waals surface area (Å²) in [6, 6.07) is 6.26. The highest BCUT2D eigenvalue weighted by Crippen LogP contribution is 2.20. The SMILES string of the molecule is CNCCCc1cnc(-c2cccc(F)c2)o1. The largest absolute Gasteiger partial charge is 0.441 e. The second-order valence-corrected chi connectivity index (χ2v) is 3.85. The van der Waals surface area contributed by atoms with Crippen LogP contribution in [-0.2, 0) is 6.42 Å². The Hall–Kier alpha value is -1.68. The fraction of sp³-hybridized carbons (Fsp3) is 0.308. The van der Waals surface area contributed by atoms with Crippen LogP contribution in [0, 0.1) is 5.82 Å². The maximum atomic E-state index is 13.0. The zero-order valence-corrected chi connectivity index (χ0v) is 9.74. The lowest BCUT2D eigenvalue weighted by Crippen LogP contribution is -2.08. The van der Waals surface area contributed by atoms with Crippen molar-refractivity contribution < 1.29 is 8.81 Å². The molecule has 2 aromatic rings. The van der Waals surface area contributed by atoms with Gasteiger partial charge in [0.2, 0.25) is 5.89 Å². The molecule has 0 atom stereocenters. The number of aryl methyl sites for hydroxylation is 1. The van der Waals surface area contributed by atoms with E-state index in [0.29, 0.717) is 11.5 Å². The van der Waals surface area contributed by atoms with Crippen molar-refractivity contribution in [2.45, 2.75) is 12.8 Å². The average molecular weight is 234 g/mol. The van der Waals surface area contributed by atoms with Crippen molar-refractivity contribution in [1.29, 1.82) is 0 Å². The van der Waals surface area contributed by atoms with E-state index in [1.54, 1.807) is 18.3 Å². The number of rotatable bonds is 5. The van der Waals surface area contributed by atoms with Gasteiger partial charge in [-0.3, -0.25) is 0 Å². The van der Waals surface area contributed by atoms with Gasteiger partial charge in [-0.2, -0.15) is 0 Å². The van der Waals surface area contributed by atoms with Gasteiger partial charge in [-0.15, -0.1) is 0 Å². The predicted octanol–water partition coefficient (Wildman–Crippen LogP) is 2.63. The van der Waals surface area contributed by atoms with Crippen LogP contribution >= 0.6 is 0 Å². The Kier molecular flexibility index (Phi) is 3.88. The molecule has 1 heterocycles. The van der Waals surface area contributed by atoms with Gasteiger partial charge < -0.3 is 9.73 Å². The monoisotopic (exact) mass is 234 g/mol. The zero-order chi connectivity index (χ0) is 12.1. The van der Waals surface area contributed by atoms with Gasteiger partial charge >= 0.3 is 0 Å². The van der Waals surface area contributed by atoms with Crippen LogP contribution in [-0.4, -0.2) is 18.6 Å². The van der Waals surface area contributed by atoms with Gasteiger partial charge in [-0.05, 0) is 38.2 Å². The molecule has 90 valence electrons. The highest BCUT2D eigenvalue weighted by molar-refractivity contribution is 5.52. The second kappa shape index (κ2) is 5.59. The molecule has 0 amide bonds. The van der Waals surface area contributed by atoms with E-state index in [4.69, 9.17) is 4.42 Å². The van der Waals surface area contributed by atoms with Gasteiger partial charge in [0.1, 0.15) is 11.6 Å². The Bertz CT molecular complexity index is 482. The smallest absolute Gasteiger partial charge is 0.226 e. The van der Waals surface area contributed by atoms with Gasteiger partial charge in [0, 0.05) is 12.0 Å². The summed E-state index contributed by atoms with van der Waals surface area (Å²) in [4.78, 5) is 4.15. The molecule has 0 spiro atoms. The highest BCUT2D eigenvalue weighted by Gasteiger charge is 2.06. The molecule has 1 N–H and O–H groups in total. The van der Waals surface area contributed by atoms with Crippen LogP contribution in [0.2, 0.25) is 0 Å². The van der Waals surface area contributed by atoms with Gasteiger partial charge in [0.15, 0.2) is 0 Å². The minimum atomic E-state index is -0.280. The molecular formula is C13H15FN2O. The molecule has 0 saturated carbocycles. The molecule has 2 rings (SSSR count). The lowest BCUT2D eigenvalue weighted by molar-refractivity contribution is 0.506. The summed E-state index contributed by atoms with van der Waals surface area (Å²) >= 11 is 0. The van der Waals surface area contributed by atoms with Gasteiger partial charge in [0.25, 0.3) is 0 Å². The van der Waals surface area contributed by atoms with Crippen molar-refractivity contribution in [2.75, 3.05) is 13.6 Å². The van der Waals surface area contributed by atoms with E-state index in [1.165, 1.54) is 12.1 Å². The fourth-order valence-electron chi connectivity index (χ4n) is 1.62. The quantitative estimate of drug-likeness (QED) is 0.808. The summed E-state index contributed by atoms with van der Waals surface area (Å²) in [6.45, 7) is 0.940. The van der Waals surface area contributed by atoms with Crippen LogP contribution in [0.5, 0.6) is 0 Å². The van der Waals surface area contributed by atoms with Crippen molar-refractivity contribution >= 4 is 0 Å². The molecular weight excluding hydrogens is 219 g/mol. The zero-order valence-electron chi connectivity index (χ0n) is 9.74. The molecule has 0 aliphatic heterocycles. The first-order valence-electron chi connectivity index (χ1n) is 5.65. The predicted molar refractivity (Wildman–Crippen MR) is 64.1 cm³/mol. The number of aromatic nitrogens is 1. The highest BCUT2D eigenvalue weighted by atomic mass is 19.1. The third-order valence-corrected chi connectivity index (χ3v) is 2.48. The number of hydrogen-bond acceptors (Lipinski definition) is 3. The van der Waals surface area contributed by atoms with Crippen LogP contribution in [0.25, 0.3) is 11.5 Å². The summed E-state index contributed by atoms with van der Waals surface area (Å²) in [5.74, 6) is 1.03. The molecule has 3 nitrogen and oxygen atoms in total. The standard InChI is InChI=1S/C13H15FN2O/c1-15-7-3-6-12-9-16-13(17-12)10-4-2-5-11(14)8-10/h2,4-5,8-9,15H,3,6-7H2,1H3. The molecule has 0 aliphatic rings. The first-order chi connectivity index (χ1) is 8.29. The lowest BCUT2D eigenvalue weighted by atomic mass is 10.2. The molecule has 0 aliphatic carbocycles. The van der Waals surface area contributed by atoms with Crippen LogP contribution in [0.3, 0.4) is 0 Å². The molecule has 0 radical (unpaired) electrons. The van der Waals surface area contributed by atoms with Crippen molar-refractivity contribution in [3.63, 3.8) is 0 Å². The topological polar surface area (TPSA) is 38.1 Å². The van der Waals surface area contributed by atoms with Crippen molar-refractivity contribution in [2.24, 2.45) is 0 Å². The molecule has 0 fully saturated rings. The number of hydrogen-bond donors (Lipinski definition) is 1. The number of halogens is 1. The van der Waals surface area contributed by atoms with Gasteiger partial charge in [0.05, 0.1) is 6.20 Å². The van der Waals surface area contributed by atoms with Crippen LogP contribution in [0.15, 0.2) is 34.9 Å². The summed E-state index contributed by atoms with van der Waals surface area (Å²) in [6.07, 6.45) is 3.54. The van der Waals surface area contributed by atoms with E-state index < -0.39 is 0 Å². The number of nitrogens with one attached hydrogen (secondary N) is 1. The Morgan fingerprint density at radius 1 is 1.41 bits per heavy atom. The average Bonchev–Trinajstić information content (AvgIpc) is 2.78. The Morgan fingerprint density at radius 3 is 3.06 bits per heavy atom. The van der Waals surface area contributed by atoms with Crippen molar-refractivity contribution in [3.8, 4) is 11.5 Å². The first-order valence-corrected chi connectivity index (χ1v) is 5.65. The molecule has 1 aromatic carbocycles. The second-order valence-electron chi connectivity index (χ2n) is 3.85. The third-order valence-electron chi connectivity index (χ3n) is 2.48. The Labute approximate surface area is 99.7 Å². The van der Waals surface area contributed by atoms with E-state index in [1.807, 2.05) is 7.05 Å². The molecule has 0 saturated heterocycles. The third kappa shape index (κ3) is 3.14. The first kappa shape index (κ1) is 11.8. The number of oxazole rings is 1. The van der Waals surface area contributed by atoms with E-state index >= 15 is 0 Å². The molecule has 0 bridgehead atoms. The van der Waals surface area contributed by atoms with Crippen LogP contribution < -0.4 is 5.32 Å². The van der Waals surface area contributed by atoms with Crippen LogP contribution in [0.1, 0.15) is 12.2 Å². The normalized spacial score (nSPS) is 10.7.